The molecular weight excluding hydrogens is 292 g/mol. The van der Waals surface area contributed by atoms with E-state index < -0.39 is 6.09 Å². The van der Waals surface area contributed by atoms with Crippen LogP contribution in [0.3, 0.4) is 0 Å². The predicted molar refractivity (Wildman–Crippen MR) is 80.5 cm³/mol. The van der Waals surface area contributed by atoms with Crippen molar-refractivity contribution in [1.29, 1.82) is 0 Å². The molecule has 4 atom stereocenters. The first-order chi connectivity index (χ1) is 10.1. The lowest BCUT2D eigenvalue weighted by molar-refractivity contribution is -0.149. The summed E-state index contributed by atoms with van der Waals surface area (Å²) in [5.74, 6) is -0.0732. The summed E-state index contributed by atoms with van der Waals surface area (Å²) in [6.07, 6.45) is 4.46. The number of alkyl carbamates (subject to hydrolysis) is 1. The monoisotopic (exact) mass is 312 g/mol. The average Bonchev–Trinajstić information content (AvgIpc) is 2.99. The zero-order chi connectivity index (χ0) is 15.4. The number of nitrogens with one attached hydrogen (secondary N) is 2. The van der Waals surface area contributed by atoms with Crippen LogP contribution in [0.5, 0.6) is 0 Å². The van der Waals surface area contributed by atoms with Crippen molar-refractivity contribution < 1.29 is 19.1 Å². The Hall–Kier alpha value is -1.63. The van der Waals surface area contributed by atoms with E-state index in [4.69, 9.17) is 21.7 Å². The van der Waals surface area contributed by atoms with Crippen LogP contribution in [0.4, 0.5) is 4.79 Å². The van der Waals surface area contributed by atoms with Gasteiger partial charge in [-0.25, -0.2) is 4.79 Å². The van der Waals surface area contributed by atoms with E-state index in [-0.39, 0.29) is 41.5 Å². The molecule has 0 aromatic rings. The maximum absolute atomic E-state index is 12.1. The van der Waals surface area contributed by atoms with E-state index >= 15 is 0 Å². The number of esters is 1. The Labute approximate surface area is 129 Å². The molecular formula is C14H20N2O4S. The second kappa shape index (κ2) is 6.89. The molecule has 2 aliphatic rings. The minimum Gasteiger partial charge on any atom is -0.466 e. The molecule has 4 unspecified atom stereocenters. The molecule has 0 aromatic carbocycles. The summed E-state index contributed by atoms with van der Waals surface area (Å²) in [6, 6.07) is -0.145. The molecule has 1 saturated carbocycles. The lowest BCUT2D eigenvalue weighted by atomic mass is 9.89. The molecule has 0 heterocycles. The number of ether oxygens (including phenoxy) is 2. The molecule has 116 valence electrons. The van der Waals surface area contributed by atoms with Crippen LogP contribution in [0, 0.1) is 17.8 Å². The van der Waals surface area contributed by atoms with E-state index in [1.54, 1.807) is 13.8 Å². The van der Waals surface area contributed by atoms with Crippen LogP contribution in [-0.4, -0.2) is 36.4 Å². The number of hydrogen-bond donors (Lipinski definition) is 2. The summed E-state index contributed by atoms with van der Waals surface area (Å²) >= 11 is 5.10. The van der Waals surface area contributed by atoms with Crippen molar-refractivity contribution in [1.82, 2.24) is 10.6 Å². The zero-order valence-electron chi connectivity index (χ0n) is 12.1. The van der Waals surface area contributed by atoms with Gasteiger partial charge in [-0.2, -0.15) is 0 Å². The average molecular weight is 312 g/mol. The Morgan fingerprint density at radius 3 is 2.52 bits per heavy atom. The van der Waals surface area contributed by atoms with Crippen molar-refractivity contribution in [2.24, 2.45) is 17.8 Å². The molecule has 7 heteroatoms. The van der Waals surface area contributed by atoms with Crippen molar-refractivity contribution >= 4 is 29.4 Å². The van der Waals surface area contributed by atoms with Crippen LogP contribution in [0.25, 0.3) is 0 Å². The van der Waals surface area contributed by atoms with Gasteiger partial charge in [-0.15, -0.1) is 0 Å². The van der Waals surface area contributed by atoms with Gasteiger partial charge in [0.1, 0.15) is 0 Å². The molecule has 0 radical (unpaired) electrons. The van der Waals surface area contributed by atoms with E-state index in [2.05, 4.69) is 22.8 Å². The van der Waals surface area contributed by atoms with Crippen LogP contribution in [0.1, 0.15) is 20.3 Å². The Balaban J connectivity index is 1.97. The standard InChI is InChI=1S/C14H20N2O4S/c1-3-19-12(17)10-8-5-6-9(7-8)11(10)15-13(21)16-14(18)20-4-2/h5-6,8-11H,3-4,7H2,1-2H3,(H2,15,16,18,21). The number of carbonyl (C=O) groups excluding carboxylic acids is 2. The van der Waals surface area contributed by atoms with Gasteiger partial charge in [0.2, 0.25) is 0 Å². The van der Waals surface area contributed by atoms with E-state index in [0.717, 1.165) is 6.42 Å². The van der Waals surface area contributed by atoms with Gasteiger partial charge in [0.25, 0.3) is 0 Å². The molecule has 2 N–H and O–H groups in total. The minimum atomic E-state index is -0.596. The highest BCUT2D eigenvalue weighted by atomic mass is 32.1. The van der Waals surface area contributed by atoms with Crippen molar-refractivity contribution in [2.75, 3.05) is 13.2 Å². The summed E-state index contributed by atoms with van der Waals surface area (Å²) in [5.41, 5.74) is 0. The van der Waals surface area contributed by atoms with E-state index in [1.807, 2.05) is 0 Å². The number of fused-ring (bicyclic) bond motifs is 2. The summed E-state index contributed by atoms with van der Waals surface area (Å²) in [6.45, 7) is 4.13. The molecule has 1 amide bonds. The maximum atomic E-state index is 12.1. The van der Waals surface area contributed by atoms with Gasteiger partial charge >= 0.3 is 12.1 Å². The lowest BCUT2D eigenvalue weighted by Gasteiger charge is -2.28. The molecule has 2 aliphatic carbocycles. The molecule has 2 bridgehead atoms. The van der Waals surface area contributed by atoms with Gasteiger partial charge < -0.3 is 14.8 Å². The lowest BCUT2D eigenvalue weighted by Crippen LogP contribution is -2.50. The van der Waals surface area contributed by atoms with Crippen LogP contribution in [-0.2, 0) is 14.3 Å². The highest BCUT2D eigenvalue weighted by molar-refractivity contribution is 7.80. The van der Waals surface area contributed by atoms with Crippen molar-refractivity contribution in [2.45, 2.75) is 26.3 Å². The SMILES string of the molecule is CCOC(=O)NC(=S)NC1C2C=CC(C2)C1C(=O)OCC. The number of rotatable bonds is 4. The molecule has 0 aromatic heterocycles. The molecule has 1 fully saturated rings. The Kier molecular flexibility index (Phi) is 5.17. The van der Waals surface area contributed by atoms with Crippen LogP contribution >= 0.6 is 12.2 Å². The first-order valence-corrected chi connectivity index (χ1v) is 7.56. The van der Waals surface area contributed by atoms with Gasteiger partial charge in [0.05, 0.1) is 19.1 Å². The molecule has 2 rings (SSSR count). The highest BCUT2D eigenvalue weighted by Gasteiger charge is 2.49. The van der Waals surface area contributed by atoms with Gasteiger partial charge in [-0.3, -0.25) is 10.1 Å². The third-order valence-electron chi connectivity index (χ3n) is 3.81. The normalized spacial score (nSPS) is 29.0. The van der Waals surface area contributed by atoms with Crippen LogP contribution in [0.2, 0.25) is 0 Å². The molecule has 0 spiro atoms. The smallest absolute Gasteiger partial charge is 0.413 e. The summed E-state index contributed by atoms with van der Waals surface area (Å²) in [7, 11) is 0. The minimum absolute atomic E-state index is 0.145. The quantitative estimate of drug-likeness (QED) is 0.464. The number of allylic oxidation sites excluding steroid dienone is 1. The second-order valence-corrected chi connectivity index (χ2v) is 5.48. The van der Waals surface area contributed by atoms with Crippen molar-refractivity contribution in [3.63, 3.8) is 0 Å². The molecule has 0 saturated heterocycles. The largest absolute Gasteiger partial charge is 0.466 e. The summed E-state index contributed by atoms with van der Waals surface area (Å²) in [5, 5.41) is 5.67. The highest BCUT2D eigenvalue weighted by Crippen LogP contribution is 2.44. The second-order valence-electron chi connectivity index (χ2n) is 5.07. The van der Waals surface area contributed by atoms with Crippen LogP contribution in [0.15, 0.2) is 12.2 Å². The number of carbonyl (C=O) groups is 2. The van der Waals surface area contributed by atoms with Gasteiger partial charge in [0, 0.05) is 6.04 Å². The number of hydrogen-bond acceptors (Lipinski definition) is 5. The van der Waals surface area contributed by atoms with Crippen molar-refractivity contribution in [3.05, 3.63) is 12.2 Å². The van der Waals surface area contributed by atoms with Gasteiger partial charge in [-0.1, -0.05) is 12.2 Å². The fourth-order valence-corrected chi connectivity index (χ4v) is 3.25. The maximum Gasteiger partial charge on any atom is 0.413 e. The topological polar surface area (TPSA) is 76.7 Å². The molecule has 21 heavy (non-hydrogen) atoms. The predicted octanol–water partition coefficient (Wildman–Crippen LogP) is 1.36. The Morgan fingerprint density at radius 2 is 1.86 bits per heavy atom. The first-order valence-electron chi connectivity index (χ1n) is 7.16. The van der Waals surface area contributed by atoms with Gasteiger partial charge in [-0.05, 0) is 44.3 Å². The fraction of sp³-hybridized carbons (Fsp3) is 0.643. The van der Waals surface area contributed by atoms with Crippen molar-refractivity contribution in [3.8, 4) is 0 Å². The number of thiocarbonyl (C=S) groups is 1. The van der Waals surface area contributed by atoms with E-state index in [1.165, 1.54) is 0 Å². The third-order valence-corrected chi connectivity index (χ3v) is 4.03. The fourth-order valence-electron chi connectivity index (χ4n) is 3.03. The Morgan fingerprint density at radius 1 is 1.19 bits per heavy atom. The van der Waals surface area contributed by atoms with E-state index in [9.17, 15) is 9.59 Å². The zero-order valence-corrected chi connectivity index (χ0v) is 12.9. The third kappa shape index (κ3) is 3.53. The Bertz CT molecular complexity index is 466. The summed E-state index contributed by atoms with van der Waals surface area (Å²) in [4.78, 5) is 23.4. The van der Waals surface area contributed by atoms with Crippen LogP contribution < -0.4 is 10.6 Å². The van der Waals surface area contributed by atoms with Gasteiger partial charge in [0.15, 0.2) is 5.11 Å². The number of amides is 1. The molecule has 0 aliphatic heterocycles. The summed E-state index contributed by atoms with van der Waals surface area (Å²) < 4.78 is 9.91. The van der Waals surface area contributed by atoms with E-state index in [0.29, 0.717) is 6.61 Å². The first kappa shape index (κ1) is 15.8. The molecule has 6 nitrogen and oxygen atoms in total.